The van der Waals surface area contributed by atoms with Gasteiger partial charge in [0.15, 0.2) is 0 Å². The van der Waals surface area contributed by atoms with Gasteiger partial charge in [0.2, 0.25) is 11.8 Å². The third-order valence-corrected chi connectivity index (χ3v) is 3.84. The van der Waals surface area contributed by atoms with Gasteiger partial charge >= 0.3 is 0 Å². The van der Waals surface area contributed by atoms with Gasteiger partial charge < -0.3 is 10.2 Å². The van der Waals surface area contributed by atoms with Crippen LogP contribution in [-0.2, 0) is 9.59 Å². The molecular formula is C12H19FN2O2. The van der Waals surface area contributed by atoms with E-state index in [1.165, 1.54) is 4.90 Å². The Morgan fingerprint density at radius 2 is 2.12 bits per heavy atom. The quantitative estimate of drug-likeness (QED) is 0.798. The van der Waals surface area contributed by atoms with Gasteiger partial charge in [-0.2, -0.15) is 0 Å². The van der Waals surface area contributed by atoms with Crippen LogP contribution >= 0.6 is 0 Å². The number of rotatable bonds is 3. The van der Waals surface area contributed by atoms with E-state index in [-0.39, 0.29) is 36.7 Å². The van der Waals surface area contributed by atoms with Crippen LogP contribution in [0.1, 0.15) is 33.1 Å². The van der Waals surface area contributed by atoms with E-state index in [4.69, 9.17) is 0 Å². The molecule has 0 bridgehead atoms. The highest BCUT2D eigenvalue weighted by atomic mass is 19.1. The van der Waals surface area contributed by atoms with E-state index in [0.717, 1.165) is 12.8 Å². The molecule has 2 aliphatic rings. The predicted molar refractivity (Wildman–Crippen MR) is 61.0 cm³/mol. The number of carbonyl (C=O) groups excluding carboxylic acids is 2. The zero-order valence-corrected chi connectivity index (χ0v) is 10.3. The number of amides is 2. The molecule has 0 spiro atoms. The SMILES string of the molecule is CC1CC(=O)NC(C)(C2CC2)C(=O)N1CCF. The molecule has 0 aromatic rings. The fourth-order valence-electron chi connectivity index (χ4n) is 2.62. The van der Waals surface area contributed by atoms with Gasteiger partial charge in [-0.15, -0.1) is 0 Å². The van der Waals surface area contributed by atoms with Gasteiger partial charge in [0.1, 0.15) is 12.2 Å². The second-order valence-electron chi connectivity index (χ2n) is 5.27. The maximum atomic E-state index is 12.5. The van der Waals surface area contributed by atoms with Crippen molar-refractivity contribution in [3.8, 4) is 0 Å². The first kappa shape index (κ1) is 12.3. The van der Waals surface area contributed by atoms with E-state index in [9.17, 15) is 14.0 Å². The van der Waals surface area contributed by atoms with Crippen molar-refractivity contribution in [2.24, 2.45) is 5.92 Å². The van der Waals surface area contributed by atoms with E-state index < -0.39 is 12.2 Å². The summed E-state index contributed by atoms with van der Waals surface area (Å²) in [6.45, 7) is 3.09. The van der Waals surface area contributed by atoms with Crippen molar-refractivity contribution < 1.29 is 14.0 Å². The Kier molecular flexibility index (Phi) is 3.10. The van der Waals surface area contributed by atoms with Crippen LogP contribution < -0.4 is 5.32 Å². The second-order valence-corrected chi connectivity index (χ2v) is 5.27. The first-order valence-corrected chi connectivity index (χ1v) is 6.17. The number of hydrogen-bond donors (Lipinski definition) is 1. The molecule has 0 radical (unpaired) electrons. The largest absolute Gasteiger partial charge is 0.342 e. The van der Waals surface area contributed by atoms with E-state index in [1.807, 2.05) is 0 Å². The summed E-state index contributed by atoms with van der Waals surface area (Å²) in [6, 6.07) is -0.223. The van der Waals surface area contributed by atoms with Gasteiger partial charge in [0, 0.05) is 19.0 Å². The minimum Gasteiger partial charge on any atom is -0.342 e. The maximum Gasteiger partial charge on any atom is 0.248 e. The molecular weight excluding hydrogens is 223 g/mol. The normalized spacial score (nSPS) is 34.5. The van der Waals surface area contributed by atoms with Gasteiger partial charge in [-0.25, -0.2) is 4.39 Å². The van der Waals surface area contributed by atoms with Gasteiger partial charge in [-0.1, -0.05) is 0 Å². The zero-order chi connectivity index (χ0) is 12.6. The molecule has 1 aliphatic carbocycles. The summed E-state index contributed by atoms with van der Waals surface area (Å²) in [5, 5.41) is 2.83. The highest BCUT2D eigenvalue weighted by Crippen LogP contribution is 2.41. The number of nitrogens with zero attached hydrogens (tertiary/aromatic N) is 1. The monoisotopic (exact) mass is 242 g/mol. The highest BCUT2D eigenvalue weighted by molar-refractivity contribution is 5.94. The third-order valence-electron chi connectivity index (χ3n) is 3.84. The number of carbonyl (C=O) groups is 2. The fourth-order valence-corrected chi connectivity index (χ4v) is 2.62. The summed E-state index contributed by atoms with van der Waals surface area (Å²) in [7, 11) is 0. The molecule has 1 saturated heterocycles. The van der Waals surface area contributed by atoms with E-state index in [0.29, 0.717) is 0 Å². The average molecular weight is 242 g/mol. The van der Waals surface area contributed by atoms with Crippen LogP contribution in [0.25, 0.3) is 0 Å². The van der Waals surface area contributed by atoms with Crippen LogP contribution in [0.5, 0.6) is 0 Å². The number of nitrogens with one attached hydrogen (secondary N) is 1. The molecule has 17 heavy (non-hydrogen) atoms. The maximum absolute atomic E-state index is 12.5. The van der Waals surface area contributed by atoms with Gasteiger partial charge in [0.25, 0.3) is 0 Å². The lowest BCUT2D eigenvalue weighted by molar-refractivity contribution is -0.140. The van der Waals surface area contributed by atoms with Gasteiger partial charge in [0.05, 0.1) is 0 Å². The summed E-state index contributed by atoms with van der Waals surface area (Å²) in [6.07, 6.45) is 2.18. The summed E-state index contributed by atoms with van der Waals surface area (Å²) in [5.41, 5.74) is -0.822. The van der Waals surface area contributed by atoms with Crippen LogP contribution in [0.15, 0.2) is 0 Å². The molecule has 4 nitrogen and oxygen atoms in total. The first-order valence-electron chi connectivity index (χ1n) is 6.17. The Bertz CT molecular complexity index is 343. The molecule has 1 heterocycles. The van der Waals surface area contributed by atoms with Crippen molar-refractivity contribution in [2.75, 3.05) is 13.2 Å². The molecule has 5 heteroatoms. The van der Waals surface area contributed by atoms with Crippen molar-refractivity contribution in [3.05, 3.63) is 0 Å². The highest BCUT2D eigenvalue weighted by Gasteiger charge is 2.52. The molecule has 2 unspecified atom stereocenters. The van der Waals surface area contributed by atoms with Crippen LogP contribution in [0, 0.1) is 5.92 Å². The predicted octanol–water partition coefficient (Wildman–Crippen LogP) is 0.862. The molecule has 1 saturated carbocycles. The van der Waals surface area contributed by atoms with Crippen LogP contribution in [0.2, 0.25) is 0 Å². The third kappa shape index (κ3) is 2.15. The summed E-state index contributed by atoms with van der Waals surface area (Å²) < 4.78 is 12.5. The van der Waals surface area contributed by atoms with Crippen LogP contribution in [0.4, 0.5) is 4.39 Å². The molecule has 96 valence electrons. The Morgan fingerprint density at radius 1 is 1.47 bits per heavy atom. The fraction of sp³-hybridized carbons (Fsp3) is 0.833. The summed E-state index contributed by atoms with van der Waals surface area (Å²) >= 11 is 0. The molecule has 0 aromatic carbocycles. The van der Waals surface area contributed by atoms with Gasteiger partial charge in [-0.3, -0.25) is 9.59 Å². The lowest BCUT2D eigenvalue weighted by Gasteiger charge is -2.33. The van der Waals surface area contributed by atoms with E-state index >= 15 is 0 Å². The molecule has 1 aliphatic heterocycles. The van der Waals surface area contributed by atoms with E-state index in [2.05, 4.69) is 5.32 Å². The van der Waals surface area contributed by atoms with Crippen LogP contribution in [0.3, 0.4) is 0 Å². The Balaban J connectivity index is 2.27. The Labute approximate surface area is 101 Å². The van der Waals surface area contributed by atoms with Gasteiger partial charge in [-0.05, 0) is 32.6 Å². The van der Waals surface area contributed by atoms with Crippen molar-refractivity contribution >= 4 is 11.8 Å². The van der Waals surface area contributed by atoms with Crippen molar-refractivity contribution in [3.63, 3.8) is 0 Å². The Hall–Kier alpha value is -1.13. The minimum atomic E-state index is -0.822. The zero-order valence-electron chi connectivity index (χ0n) is 10.3. The standard InChI is InChI=1S/C12H19FN2O2/c1-8-7-10(16)14-12(2,9-3-4-9)11(17)15(8)6-5-13/h8-9H,3-7H2,1-2H3,(H,14,16). The van der Waals surface area contributed by atoms with Crippen molar-refractivity contribution in [2.45, 2.75) is 44.7 Å². The topological polar surface area (TPSA) is 49.4 Å². The minimum absolute atomic E-state index is 0.0806. The lowest BCUT2D eigenvalue weighted by Crippen LogP contribution is -2.57. The van der Waals surface area contributed by atoms with E-state index in [1.54, 1.807) is 13.8 Å². The second kappa shape index (κ2) is 4.27. The molecule has 2 rings (SSSR count). The lowest BCUT2D eigenvalue weighted by atomic mass is 9.94. The molecule has 0 aromatic heterocycles. The number of alkyl halides is 1. The number of hydrogen-bond acceptors (Lipinski definition) is 2. The smallest absolute Gasteiger partial charge is 0.248 e. The molecule has 2 amide bonds. The van der Waals surface area contributed by atoms with Crippen molar-refractivity contribution in [1.82, 2.24) is 10.2 Å². The number of halogens is 1. The molecule has 1 N–H and O–H groups in total. The molecule has 2 atom stereocenters. The summed E-state index contributed by atoms with van der Waals surface area (Å²) in [4.78, 5) is 25.7. The average Bonchev–Trinajstić information content (AvgIpc) is 3.07. The van der Waals surface area contributed by atoms with Crippen LogP contribution in [-0.4, -0.2) is 41.5 Å². The van der Waals surface area contributed by atoms with Crippen molar-refractivity contribution in [1.29, 1.82) is 0 Å². The first-order chi connectivity index (χ1) is 7.99. The summed E-state index contributed by atoms with van der Waals surface area (Å²) in [5.74, 6) is -0.0241. The Morgan fingerprint density at radius 3 is 2.65 bits per heavy atom. The molecule has 2 fully saturated rings.